The summed E-state index contributed by atoms with van der Waals surface area (Å²) in [5.74, 6) is 2.18. The molecule has 1 N–H and O–H groups in total. The number of aliphatic imine (C=N–C) groups is 1. The van der Waals surface area contributed by atoms with Gasteiger partial charge in [0.25, 0.3) is 0 Å². The number of hydrogen-bond donors (Lipinski definition) is 1. The SMILES string of the molecule is CN=C(NCc1ncc(-c2ccccc2)o1)N1CCOC(c2cnn(C)c2)C1.I. The molecule has 0 radical (unpaired) electrons. The average Bonchev–Trinajstić information content (AvgIpc) is 3.39. The Kier molecular flexibility index (Phi) is 7.26. The lowest BCUT2D eigenvalue weighted by molar-refractivity contribution is -0.00808. The third-order valence-electron chi connectivity index (χ3n) is 4.68. The Morgan fingerprint density at radius 1 is 1.28 bits per heavy atom. The van der Waals surface area contributed by atoms with Crippen molar-refractivity contribution in [3.05, 3.63) is 60.4 Å². The monoisotopic (exact) mass is 508 g/mol. The summed E-state index contributed by atoms with van der Waals surface area (Å²) in [6.45, 7) is 2.59. The van der Waals surface area contributed by atoms with Crippen molar-refractivity contribution in [1.82, 2.24) is 25.0 Å². The molecule has 1 aromatic carbocycles. The minimum absolute atomic E-state index is 0. The second-order valence-electron chi connectivity index (χ2n) is 6.64. The second kappa shape index (κ2) is 9.88. The highest BCUT2D eigenvalue weighted by Crippen LogP contribution is 2.22. The molecule has 4 rings (SSSR count). The zero-order valence-corrected chi connectivity index (χ0v) is 18.8. The highest BCUT2D eigenvalue weighted by molar-refractivity contribution is 14.0. The van der Waals surface area contributed by atoms with E-state index in [1.807, 2.05) is 49.8 Å². The number of nitrogens with one attached hydrogen (secondary N) is 1. The minimum atomic E-state index is -0.0209. The van der Waals surface area contributed by atoms with Crippen LogP contribution >= 0.6 is 24.0 Å². The molecule has 0 saturated carbocycles. The summed E-state index contributed by atoms with van der Waals surface area (Å²) in [6, 6.07) is 9.95. The first kappa shape index (κ1) is 21.3. The van der Waals surface area contributed by atoms with E-state index in [-0.39, 0.29) is 30.1 Å². The van der Waals surface area contributed by atoms with Gasteiger partial charge in [-0.15, -0.1) is 24.0 Å². The predicted octanol–water partition coefficient (Wildman–Crippen LogP) is 2.84. The number of rotatable bonds is 4. The van der Waals surface area contributed by atoms with Gasteiger partial charge >= 0.3 is 0 Å². The van der Waals surface area contributed by atoms with E-state index in [0.717, 1.165) is 29.4 Å². The molecule has 29 heavy (non-hydrogen) atoms. The van der Waals surface area contributed by atoms with Crippen LogP contribution in [0.25, 0.3) is 11.3 Å². The van der Waals surface area contributed by atoms with Gasteiger partial charge < -0.3 is 19.4 Å². The number of nitrogens with zero attached hydrogens (tertiary/aromatic N) is 5. The van der Waals surface area contributed by atoms with Crippen molar-refractivity contribution in [2.75, 3.05) is 26.7 Å². The Hall–Kier alpha value is -2.40. The maximum atomic E-state index is 5.91. The number of aryl methyl sites for hydroxylation is 1. The van der Waals surface area contributed by atoms with Crippen LogP contribution < -0.4 is 5.32 Å². The van der Waals surface area contributed by atoms with Gasteiger partial charge in [0.2, 0.25) is 5.89 Å². The molecule has 0 bridgehead atoms. The summed E-state index contributed by atoms with van der Waals surface area (Å²) in [7, 11) is 3.69. The Morgan fingerprint density at radius 2 is 2.10 bits per heavy atom. The number of benzene rings is 1. The van der Waals surface area contributed by atoms with E-state index < -0.39 is 0 Å². The summed E-state index contributed by atoms with van der Waals surface area (Å²) >= 11 is 0. The highest BCUT2D eigenvalue weighted by atomic mass is 127. The normalized spacial score (nSPS) is 17.1. The van der Waals surface area contributed by atoms with Gasteiger partial charge in [0, 0.05) is 38.0 Å². The Labute approximate surface area is 187 Å². The van der Waals surface area contributed by atoms with Crippen LogP contribution in [0, 0.1) is 0 Å². The van der Waals surface area contributed by atoms with Crippen LogP contribution in [0.15, 0.2) is 58.3 Å². The molecule has 154 valence electrons. The molecule has 3 heterocycles. The van der Waals surface area contributed by atoms with Gasteiger partial charge in [-0.05, 0) is 0 Å². The molecule has 1 aliphatic rings. The molecule has 1 unspecified atom stereocenters. The van der Waals surface area contributed by atoms with E-state index in [1.165, 1.54) is 0 Å². The van der Waals surface area contributed by atoms with Gasteiger partial charge in [-0.2, -0.15) is 5.10 Å². The van der Waals surface area contributed by atoms with Gasteiger partial charge in [0.1, 0.15) is 6.10 Å². The molecule has 1 fully saturated rings. The van der Waals surface area contributed by atoms with Gasteiger partial charge in [-0.1, -0.05) is 30.3 Å². The average molecular weight is 508 g/mol. The fraction of sp³-hybridized carbons (Fsp3) is 0.350. The molecule has 2 aromatic heterocycles. The van der Waals surface area contributed by atoms with Gasteiger partial charge in [-0.25, -0.2) is 4.98 Å². The molecule has 3 aromatic rings. The van der Waals surface area contributed by atoms with E-state index in [4.69, 9.17) is 9.15 Å². The molecule has 0 aliphatic carbocycles. The number of ether oxygens (including phenoxy) is 1. The summed E-state index contributed by atoms with van der Waals surface area (Å²) < 4.78 is 13.6. The quantitative estimate of drug-likeness (QED) is 0.332. The number of halogens is 1. The summed E-state index contributed by atoms with van der Waals surface area (Å²) in [5, 5.41) is 7.58. The molecular weight excluding hydrogens is 483 g/mol. The van der Waals surface area contributed by atoms with Crippen LogP contribution in [0.5, 0.6) is 0 Å². The van der Waals surface area contributed by atoms with Crippen LogP contribution in [0.2, 0.25) is 0 Å². The molecule has 1 atom stereocenters. The number of aromatic nitrogens is 3. The van der Waals surface area contributed by atoms with Crippen molar-refractivity contribution < 1.29 is 9.15 Å². The van der Waals surface area contributed by atoms with Crippen molar-refractivity contribution >= 4 is 29.9 Å². The van der Waals surface area contributed by atoms with E-state index in [1.54, 1.807) is 17.9 Å². The lowest BCUT2D eigenvalue weighted by atomic mass is 10.1. The van der Waals surface area contributed by atoms with Crippen LogP contribution in [0.1, 0.15) is 17.6 Å². The first-order valence-electron chi connectivity index (χ1n) is 9.29. The van der Waals surface area contributed by atoms with Gasteiger partial charge in [0.05, 0.1) is 32.1 Å². The molecule has 1 aliphatic heterocycles. The zero-order valence-electron chi connectivity index (χ0n) is 16.5. The molecule has 8 nitrogen and oxygen atoms in total. The Morgan fingerprint density at radius 3 is 2.83 bits per heavy atom. The summed E-state index contributed by atoms with van der Waals surface area (Å²) in [5.41, 5.74) is 2.08. The van der Waals surface area contributed by atoms with Gasteiger partial charge in [0.15, 0.2) is 11.7 Å². The van der Waals surface area contributed by atoms with Gasteiger partial charge in [-0.3, -0.25) is 9.67 Å². The highest BCUT2D eigenvalue weighted by Gasteiger charge is 2.25. The lowest BCUT2D eigenvalue weighted by Gasteiger charge is -2.34. The number of hydrogen-bond acceptors (Lipinski definition) is 5. The first-order valence-corrected chi connectivity index (χ1v) is 9.29. The standard InChI is InChI=1S/C20H24N6O2.HI/c1-21-20(26-8-9-27-18(14-26)16-10-24-25(2)13-16)23-12-19-22-11-17(28-19)15-6-4-3-5-7-15;/h3-7,10-11,13,18H,8-9,12,14H2,1-2H3,(H,21,23);1H. The first-order chi connectivity index (χ1) is 13.7. The van der Waals surface area contributed by atoms with Crippen molar-refractivity contribution in [3.8, 4) is 11.3 Å². The number of morpholine rings is 1. The number of oxazole rings is 1. The zero-order chi connectivity index (χ0) is 19.3. The molecule has 9 heteroatoms. The van der Waals surface area contributed by atoms with E-state index >= 15 is 0 Å². The smallest absolute Gasteiger partial charge is 0.214 e. The van der Waals surface area contributed by atoms with Crippen molar-refractivity contribution in [2.24, 2.45) is 12.0 Å². The maximum Gasteiger partial charge on any atom is 0.214 e. The molecular formula is C20H25IN6O2. The largest absolute Gasteiger partial charge is 0.439 e. The third-order valence-corrected chi connectivity index (χ3v) is 4.68. The van der Waals surface area contributed by atoms with E-state index in [2.05, 4.69) is 25.3 Å². The topological polar surface area (TPSA) is 80.7 Å². The summed E-state index contributed by atoms with van der Waals surface area (Å²) in [6.07, 6.45) is 5.57. The molecule has 0 spiro atoms. The predicted molar refractivity (Wildman–Crippen MR) is 121 cm³/mol. The van der Waals surface area contributed by atoms with Crippen molar-refractivity contribution in [2.45, 2.75) is 12.6 Å². The van der Waals surface area contributed by atoms with E-state index in [0.29, 0.717) is 25.6 Å². The van der Waals surface area contributed by atoms with Crippen LogP contribution in [-0.4, -0.2) is 52.4 Å². The Balaban J connectivity index is 0.00000240. The third kappa shape index (κ3) is 5.15. The maximum absolute atomic E-state index is 5.91. The van der Waals surface area contributed by atoms with Crippen LogP contribution in [-0.2, 0) is 18.3 Å². The summed E-state index contributed by atoms with van der Waals surface area (Å²) in [4.78, 5) is 11.0. The van der Waals surface area contributed by atoms with Crippen molar-refractivity contribution in [1.29, 1.82) is 0 Å². The van der Waals surface area contributed by atoms with Crippen molar-refractivity contribution in [3.63, 3.8) is 0 Å². The fourth-order valence-corrected chi connectivity index (χ4v) is 3.26. The lowest BCUT2D eigenvalue weighted by Crippen LogP contribution is -2.47. The molecule has 1 saturated heterocycles. The second-order valence-corrected chi connectivity index (χ2v) is 6.64. The minimum Gasteiger partial charge on any atom is -0.439 e. The number of guanidine groups is 1. The Bertz CT molecular complexity index is 939. The van der Waals surface area contributed by atoms with Crippen LogP contribution in [0.3, 0.4) is 0 Å². The molecule has 0 amide bonds. The van der Waals surface area contributed by atoms with E-state index in [9.17, 15) is 0 Å². The van der Waals surface area contributed by atoms with Crippen LogP contribution in [0.4, 0.5) is 0 Å². The fourth-order valence-electron chi connectivity index (χ4n) is 3.26.